The molecule has 0 atom stereocenters. The first-order valence-corrected chi connectivity index (χ1v) is 5.55. The van der Waals surface area contributed by atoms with Crippen LogP contribution in [0, 0.1) is 0 Å². The van der Waals surface area contributed by atoms with Crippen LogP contribution in [0.3, 0.4) is 0 Å². The highest BCUT2D eigenvalue weighted by atomic mass is 35.5. The number of aromatic amines is 1. The number of nitrogens with one attached hydrogen (secondary N) is 2. The zero-order valence-electron chi connectivity index (χ0n) is 9.09. The Bertz CT molecular complexity index is 703. The Morgan fingerprint density at radius 2 is 2.33 bits per heavy atom. The molecule has 0 spiro atoms. The van der Waals surface area contributed by atoms with Crippen LogP contribution in [0.1, 0.15) is 0 Å². The van der Waals surface area contributed by atoms with E-state index in [9.17, 15) is 4.79 Å². The molecule has 6 nitrogen and oxygen atoms in total. The standard InChI is InChI=1S/C11H8ClN5O/c12-7-1-2-8-9(5-7)15-10(14-8)16-11(18)17-4-3-13-6-17/h1-6H,(H2,14,15,16,18). The van der Waals surface area contributed by atoms with E-state index in [0.29, 0.717) is 11.0 Å². The molecule has 0 aliphatic rings. The molecule has 2 aromatic heterocycles. The summed E-state index contributed by atoms with van der Waals surface area (Å²) in [5.41, 5.74) is 1.50. The van der Waals surface area contributed by atoms with E-state index in [4.69, 9.17) is 11.6 Å². The van der Waals surface area contributed by atoms with Crippen molar-refractivity contribution < 1.29 is 4.79 Å². The van der Waals surface area contributed by atoms with Gasteiger partial charge in [-0.1, -0.05) is 11.6 Å². The number of fused-ring (bicyclic) bond motifs is 1. The zero-order chi connectivity index (χ0) is 12.5. The van der Waals surface area contributed by atoms with Gasteiger partial charge in [-0.3, -0.25) is 9.88 Å². The van der Waals surface area contributed by atoms with Gasteiger partial charge in [-0.15, -0.1) is 0 Å². The molecule has 0 aliphatic heterocycles. The highest BCUT2D eigenvalue weighted by Gasteiger charge is 2.08. The number of carbonyl (C=O) groups excluding carboxylic acids is 1. The number of anilines is 1. The van der Waals surface area contributed by atoms with Crippen LogP contribution in [0.4, 0.5) is 10.7 Å². The Labute approximate surface area is 107 Å². The van der Waals surface area contributed by atoms with Crippen molar-refractivity contribution in [3.8, 4) is 0 Å². The Hall–Kier alpha value is -2.34. The molecular weight excluding hydrogens is 254 g/mol. The summed E-state index contributed by atoms with van der Waals surface area (Å²) in [6, 6.07) is 4.93. The first-order chi connectivity index (χ1) is 8.72. The van der Waals surface area contributed by atoms with E-state index < -0.39 is 0 Å². The van der Waals surface area contributed by atoms with Gasteiger partial charge in [0.25, 0.3) is 0 Å². The number of benzene rings is 1. The molecule has 0 bridgehead atoms. The Balaban J connectivity index is 1.89. The van der Waals surface area contributed by atoms with E-state index in [0.717, 1.165) is 11.0 Å². The number of H-pyrrole nitrogens is 1. The number of hydrogen-bond donors (Lipinski definition) is 2. The summed E-state index contributed by atoms with van der Waals surface area (Å²) in [7, 11) is 0. The maximum absolute atomic E-state index is 11.7. The summed E-state index contributed by atoms with van der Waals surface area (Å²) in [6.45, 7) is 0. The second kappa shape index (κ2) is 4.15. The Kier molecular flexibility index (Phi) is 2.49. The summed E-state index contributed by atoms with van der Waals surface area (Å²) in [5.74, 6) is 0.367. The average Bonchev–Trinajstić information content (AvgIpc) is 2.95. The van der Waals surface area contributed by atoms with Crippen molar-refractivity contribution in [2.45, 2.75) is 0 Å². The number of halogens is 1. The summed E-state index contributed by atoms with van der Waals surface area (Å²) in [4.78, 5) is 22.7. The maximum Gasteiger partial charge on any atom is 0.333 e. The first kappa shape index (κ1) is 10.8. The number of nitrogens with zero attached hydrogens (tertiary/aromatic N) is 3. The van der Waals surface area contributed by atoms with E-state index in [1.807, 2.05) is 0 Å². The minimum atomic E-state index is -0.336. The third-order valence-corrected chi connectivity index (χ3v) is 2.64. The molecule has 18 heavy (non-hydrogen) atoms. The molecular formula is C11H8ClN5O. The van der Waals surface area contributed by atoms with Crippen LogP contribution in [0.25, 0.3) is 11.0 Å². The van der Waals surface area contributed by atoms with Crippen molar-refractivity contribution in [3.63, 3.8) is 0 Å². The van der Waals surface area contributed by atoms with Crippen LogP contribution in [0.2, 0.25) is 5.02 Å². The van der Waals surface area contributed by atoms with Gasteiger partial charge in [-0.2, -0.15) is 0 Å². The molecule has 0 fully saturated rings. The first-order valence-electron chi connectivity index (χ1n) is 5.17. The van der Waals surface area contributed by atoms with Gasteiger partial charge in [0.2, 0.25) is 5.95 Å². The van der Waals surface area contributed by atoms with Gasteiger partial charge in [0.15, 0.2) is 0 Å². The summed E-state index contributed by atoms with van der Waals surface area (Å²) >= 11 is 5.87. The highest BCUT2D eigenvalue weighted by Crippen LogP contribution is 2.18. The van der Waals surface area contributed by atoms with Gasteiger partial charge in [-0.05, 0) is 18.2 Å². The third-order valence-electron chi connectivity index (χ3n) is 2.41. The number of imidazole rings is 2. The average molecular weight is 262 g/mol. The van der Waals surface area contributed by atoms with Crippen molar-refractivity contribution in [1.82, 2.24) is 19.5 Å². The fourth-order valence-corrected chi connectivity index (χ4v) is 1.76. The lowest BCUT2D eigenvalue weighted by Crippen LogP contribution is -2.18. The largest absolute Gasteiger partial charge is 0.333 e. The van der Waals surface area contributed by atoms with E-state index >= 15 is 0 Å². The predicted octanol–water partition coefficient (Wildman–Crippen LogP) is 2.49. The summed E-state index contributed by atoms with van der Waals surface area (Å²) in [6.07, 6.45) is 4.49. The SMILES string of the molecule is O=C(Nc1nc2ccc(Cl)cc2[nH]1)n1ccnc1. The van der Waals surface area contributed by atoms with Crippen molar-refractivity contribution in [1.29, 1.82) is 0 Å². The van der Waals surface area contributed by atoms with Crippen molar-refractivity contribution in [3.05, 3.63) is 41.9 Å². The lowest BCUT2D eigenvalue weighted by atomic mass is 10.3. The quantitative estimate of drug-likeness (QED) is 0.707. The van der Waals surface area contributed by atoms with Gasteiger partial charge in [0.05, 0.1) is 11.0 Å². The molecule has 7 heteroatoms. The van der Waals surface area contributed by atoms with E-state index in [2.05, 4.69) is 20.3 Å². The number of amides is 1. The van der Waals surface area contributed by atoms with Crippen LogP contribution < -0.4 is 5.32 Å². The molecule has 0 aliphatic carbocycles. The van der Waals surface area contributed by atoms with E-state index in [1.165, 1.54) is 17.1 Å². The van der Waals surface area contributed by atoms with Gasteiger partial charge >= 0.3 is 6.03 Å². The topological polar surface area (TPSA) is 75.6 Å². The van der Waals surface area contributed by atoms with Crippen LogP contribution in [0.15, 0.2) is 36.9 Å². The molecule has 0 radical (unpaired) electrons. The predicted molar refractivity (Wildman–Crippen MR) is 67.7 cm³/mol. The number of carbonyl (C=O) groups is 1. The number of hydrogen-bond acceptors (Lipinski definition) is 3. The highest BCUT2D eigenvalue weighted by molar-refractivity contribution is 6.31. The van der Waals surface area contributed by atoms with Gasteiger partial charge < -0.3 is 4.98 Å². The van der Waals surface area contributed by atoms with Crippen LogP contribution in [-0.4, -0.2) is 25.6 Å². The Morgan fingerprint density at radius 1 is 1.44 bits per heavy atom. The van der Waals surface area contributed by atoms with Crippen molar-refractivity contribution in [2.24, 2.45) is 0 Å². The molecule has 0 unspecified atom stereocenters. The van der Waals surface area contributed by atoms with Crippen molar-refractivity contribution in [2.75, 3.05) is 5.32 Å². The zero-order valence-corrected chi connectivity index (χ0v) is 9.85. The number of rotatable bonds is 1. The summed E-state index contributed by atoms with van der Waals surface area (Å²) in [5, 5.41) is 3.24. The van der Waals surface area contributed by atoms with Gasteiger partial charge in [-0.25, -0.2) is 14.8 Å². The second-order valence-electron chi connectivity index (χ2n) is 3.65. The molecule has 0 saturated carbocycles. The van der Waals surface area contributed by atoms with Crippen LogP contribution >= 0.6 is 11.6 Å². The molecule has 3 rings (SSSR count). The second-order valence-corrected chi connectivity index (χ2v) is 4.08. The van der Waals surface area contributed by atoms with Crippen molar-refractivity contribution >= 4 is 34.6 Å². The normalized spacial score (nSPS) is 10.7. The minimum absolute atomic E-state index is 0.336. The van der Waals surface area contributed by atoms with Crippen LogP contribution in [-0.2, 0) is 0 Å². The third kappa shape index (κ3) is 1.93. The molecule has 90 valence electrons. The Morgan fingerprint density at radius 3 is 3.11 bits per heavy atom. The van der Waals surface area contributed by atoms with Crippen LogP contribution in [0.5, 0.6) is 0 Å². The van der Waals surface area contributed by atoms with E-state index in [-0.39, 0.29) is 6.03 Å². The molecule has 0 saturated heterocycles. The fraction of sp³-hybridized carbons (Fsp3) is 0. The number of aromatic nitrogens is 4. The maximum atomic E-state index is 11.7. The lowest BCUT2D eigenvalue weighted by Gasteiger charge is -2.00. The molecule has 2 N–H and O–H groups in total. The fourth-order valence-electron chi connectivity index (χ4n) is 1.59. The van der Waals surface area contributed by atoms with Gasteiger partial charge in [0, 0.05) is 17.4 Å². The van der Waals surface area contributed by atoms with Gasteiger partial charge in [0.1, 0.15) is 6.33 Å². The minimum Gasteiger partial charge on any atom is -0.324 e. The molecule has 1 aromatic carbocycles. The molecule has 3 aromatic rings. The van der Waals surface area contributed by atoms with E-state index in [1.54, 1.807) is 24.4 Å². The molecule has 1 amide bonds. The smallest absolute Gasteiger partial charge is 0.324 e. The monoisotopic (exact) mass is 261 g/mol. The summed E-state index contributed by atoms with van der Waals surface area (Å²) < 4.78 is 1.32. The lowest BCUT2D eigenvalue weighted by molar-refractivity contribution is 0.253. The molecule has 2 heterocycles.